The molecule has 6 saturated carbocycles. The van der Waals surface area contributed by atoms with Crippen LogP contribution in [0, 0.1) is 39.9 Å². The number of aliphatic hydroxyl groups excluding tert-OH is 1. The summed E-state index contributed by atoms with van der Waals surface area (Å²) in [6, 6.07) is 1.24. The fourth-order valence-electron chi connectivity index (χ4n) is 10.2. The Bertz CT molecular complexity index is 716. The Morgan fingerprint density at radius 1 is 1.30 bits per heavy atom. The molecule has 0 radical (unpaired) electrons. The summed E-state index contributed by atoms with van der Waals surface area (Å²) >= 11 is 0. The molecule has 1 N–H and O–H groups in total. The van der Waals surface area contributed by atoms with E-state index in [-0.39, 0.29) is 22.7 Å². The number of carbonyl (C=O) groups excluding carboxylic acids is 1. The number of piperidine rings is 2. The van der Waals surface area contributed by atoms with E-state index in [9.17, 15) is 9.90 Å². The van der Waals surface area contributed by atoms with Crippen LogP contribution >= 0.6 is 0 Å². The Kier molecular flexibility index (Phi) is 1.71. The van der Waals surface area contributed by atoms with Gasteiger partial charge in [-0.2, -0.15) is 0 Å². The highest BCUT2D eigenvalue weighted by molar-refractivity contribution is 5.92. The van der Waals surface area contributed by atoms with Gasteiger partial charge in [-0.1, -0.05) is 19.9 Å². The lowest BCUT2D eigenvalue weighted by Gasteiger charge is -2.63. The molecule has 23 heavy (non-hydrogen) atoms. The predicted molar refractivity (Wildman–Crippen MR) is 84.5 cm³/mol. The molecule has 0 aromatic rings. The van der Waals surface area contributed by atoms with Gasteiger partial charge < -0.3 is 5.11 Å². The summed E-state index contributed by atoms with van der Waals surface area (Å²) in [5, 5.41) is 11.2. The number of carbonyl (C=O) groups is 1. The van der Waals surface area contributed by atoms with Gasteiger partial charge in [0.25, 0.3) is 0 Å². The van der Waals surface area contributed by atoms with Crippen LogP contribution in [0.1, 0.15) is 39.0 Å². The number of Topliss-reactive ketones (excluding diaryl/α,β-unsaturated/α-hetero) is 1. The molecule has 9 bridgehead atoms. The lowest BCUT2D eigenvalue weighted by atomic mass is 9.40. The zero-order valence-electron chi connectivity index (χ0n) is 13.8. The van der Waals surface area contributed by atoms with Crippen molar-refractivity contribution in [3.8, 4) is 0 Å². The van der Waals surface area contributed by atoms with Gasteiger partial charge in [0.05, 0.1) is 6.10 Å². The van der Waals surface area contributed by atoms with Crippen molar-refractivity contribution in [2.75, 3.05) is 6.54 Å². The Balaban J connectivity index is 1.56. The number of fused-ring (bicyclic) bond motifs is 1. The topological polar surface area (TPSA) is 40.5 Å². The van der Waals surface area contributed by atoms with Crippen LogP contribution in [0.15, 0.2) is 12.2 Å². The number of hydrogen-bond acceptors (Lipinski definition) is 3. The van der Waals surface area contributed by atoms with Crippen molar-refractivity contribution >= 4 is 5.78 Å². The monoisotopic (exact) mass is 311 g/mol. The van der Waals surface area contributed by atoms with Crippen molar-refractivity contribution in [3.63, 3.8) is 0 Å². The molecule has 11 atom stereocenters. The molecular weight excluding hydrogens is 286 g/mol. The molecule has 9 fully saturated rings. The third-order valence-corrected chi connectivity index (χ3v) is 10.1. The molecular formula is C20H25NO2. The minimum absolute atomic E-state index is 0.0350. The van der Waals surface area contributed by atoms with Crippen LogP contribution in [0.2, 0.25) is 0 Å². The van der Waals surface area contributed by atoms with E-state index in [1.54, 1.807) is 0 Å². The normalized spacial score (nSPS) is 72.4. The first-order chi connectivity index (χ1) is 11.0. The van der Waals surface area contributed by atoms with Gasteiger partial charge in [0.1, 0.15) is 5.78 Å². The average molecular weight is 311 g/mol. The Morgan fingerprint density at radius 2 is 2.13 bits per heavy atom. The number of rotatable bonds is 0. The molecule has 6 aliphatic carbocycles. The summed E-state index contributed by atoms with van der Waals surface area (Å²) in [6.45, 7) is 7.92. The van der Waals surface area contributed by atoms with E-state index in [4.69, 9.17) is 0 Å². The molecule has 3 aliphatic heterocycles. The van der Waals surface area contributed by atoms with Crippen molar-refractivity contribution < 1.29 is 9.90 Å². The maximum absolute atomic E-state index is 13.5. The van der Waals surface area contributed by atoms with Crippen LogP contribution in [-0.2, 0) is 4.79 Å². The molecule has 9 rings (SSSR count). The number of nitrogens with zero attached hydrogens (tertiary/aromatic N) is 1. The van der Waals surface area contributed by atoms with Gasteiger partial charge in [-0.25, -0.2) is 0 Å². The maximum Gasteiger partial charge on any atom is 0.144 e. The van der Waals surface area contributed by atoms with Crippen molar-refractivity contribution in [1.82, 2.24) is 4.90 Å². The molecule has 2 spiro atoms. The second-order valence-corrected chi connectivity index (χ2v) is 10.3. The van der Waals surface area contributed by atoms with E-state index in [1.807, 2.05) is 0 Å². The standard InChI is InChI=1S/C20H25NO2/c1-9-10-6-11-16-19-5-3-4-18(2)8-21(16)12(14(18)19)7-20(11,17(9)23)15(19)13(10)22/h10-12,14-17,23H,1,3-8H2,2H3/t10-,11-,12+,14-,15+,16-,17-,18-,19+,20-/m1/s1. The van der Waals surface area contributed by atoms with Crippen LogP contribution in [0.5, 0.6) is 0 Å². The minimum atomic E-state index is -0.410. The van der Waals surface area contributed by atoms with Crippen molar-refractivity contribution in [3.05, 3.63) is 12.2 Å². The highest BCUT2D eigenvalue weighted by Gasteiger charge is 2.89. The Hall–Kier alpha value is -0.670. The van der Waals surface area contributed by atoms with Gasteiger partial charge in [0.15, 0.2) is 0 Å². The van der Waals surface area contributed by atoms with Crippen LogP contribution < -0.4 is 0 Å². The zero-order valence-corrected chi connectivity index (χ0v) is 13.8. The fraction of sp³-hybridized carbons (Fsp3) is 0.850. The molecule has 0 aromatic carbocycles. The molecule has 0 amide bonds. The summed E-state index contributed by atoms with van der Waals surface area (Å²) in [6.07, 6.45) is 5.53. The Labute approximate surface area is 137 Å². The van der Waals surface area contributed by atoms with Gasteiger partial charge in [0.2, 0.25) is 0 Å². The molecule has 3 heterocycles. The van der Waals surface area contributed by atoms with E-state index in [1.165, 1.54) is 25.8 Å². The van der Waals surface area contributed by atoms with Crippen LogP contribution in [0.4, 0.5) is 0 Å². The lowest BCUT2D eigenvalue weighted by Crippen LogP contribution is -2.67. The largest absolute Gasteiger partial charge is 0.388 e. The van der Waals surface area contributed by atoms with E-state index < -0.39 is 6.10 Å². The minimum Gasteiger partial charge on any atom is -0.388 e. The summed E-state index contributed by atoms with van der Waals surface area (Å²) in [5.41, 5.74) is 1.38. The Morgan fingerprint density at radius 3 is 2.96 bits per heavy atom. The number of hydrogen-bond donors (Lipinski definition) is 1. The van der Waals surface area contributed by atoms with Crippen molar-refractivity contribution in [2.24, 2.45) is 39.9 Å². The highest BCUT2D eigenvalue weighted by atomic mass is 16.3. The second-order valence-electron chi connectivity index (χ2n) is 10.3. The van der Waals surface area contributed by atoms with Crippen LogP contribution in [0.25, 0.3) is 0 Å². The first-order valence-electron chi connectivity index (χ1n) is 9.63. The summed E-state index contributed by atoms with van der Waals surface area (Å²) in [7, 11) is 0. The average Bonchev–Trinajstić information content (AvgIpc) is 2.93. The SMILES string of the molecule is C=C1[C@H]2C[C@@H]3[C@H]4N5C[C@@]6(C)CCC[C@]47[C@H](C2=O)[C@]3(C[C@H]5[C@H]67)[C@@H]1O. The molecule has 122 valence electrons. The van der Waals surface area contributed by atoms with E-state index in [0.717, 1.165) is 24.3 Å². The van der Waals surface area contributed by atoms with Gasteiger partial charge in [0, 0.05) is 41.3 Å². The molecule has 1 unspecified atom stereocenters. The lowest BCUT2D eigenvalue weighted by molar-refractivity contribution is -0.179. The molecule has 3 nitrogen and oxygen atoms in total. The van der Waals surface area contributed by atoms with Crippen LogP contribution in [0.3, 0.4) is 0 Å². The molecule has 3 heteroatoms. The number of aliphatic hydroxyl groups is 1. The van der Waals surface area contributed by atoms with Gasteiger partial charge in [-0.3, -0.25) is 9.69 Å². The first kappa shape index (κ1) is 12.7. The van der Waals surface area contributed by atoms with Gasteiger partial charge in [-0.05, 0) is 48.5 Å². The van der Waals surface area contributed by atoms with Crippen molar-refractivity contribution in [2.45, 2.75) is 57.2 Å². The fourth-order valence-corrected chi connectivity index (χ4v) is 10.2. The third-order valence-electron chi connectivity index (χ3n) is 10.1. The summed E-state index contributed by atoms with van der Waals surface area (Å²) < 4.78 is 0. The number of ketones is 1. The second kappa shape index (κ2) is 3.10. The van der Waals surface area contributed by atoms with E-state index in [2.05, 4.69) is 18.4 Å². The van der Waals surface area contributed by atoms with Gasteiger partial charge in [-0.15, -0.1) is 0 Å². The highest BCUT2D eigenvalue weighted by Crippen LogP contribution is 2.86. The summed E-state index contributed by atoms with van der Waals surface area (Å²) in [5.74, 6) is 1.87. The first-order valence-corrected chi connectivity index (χ1v) is 9.63. The van der Waals surface area contributed by atoms with E-state index in [0.29, 0.717) is 29.2 Å². The van der Waals surface area contributed by atoms with Crippen LogP contribution in [-0.4, -0.2) is 40.5 Å². The predicted octanol–water partition coefficient (Wildman–Crippen LogP) is 2.00. The quantitative estimate of drug-likeness (QED) is 0.696. The third kappa shape index (κ3) is 0.877. The zero-order chi connectivity index (χ0) is 15.5. The van der Waals surface area contributed by atoms with Gasteiger partial charge >= 0.3 is 0 Å². The molecule has 3 saturated heterocycles. The van der Waals surface area contributed by atoms with E-state index >= 15 is 0 Å². The smallest absolute Gasteiger partial charge is 0.144 e. The molecule has 9 aliphatic rings. The maximum atomic E-state index is 13.5. The molecule has 0 aromatic heterocycles. The summed E-state index contributed by atoms with van der Waals surface area (Å²) in [4.78, 5) is 16.3. The van der Waals surface area contributed by atoms with Crippen molar-refractivity contribution in [1.29, 1.82) is 0 Å².